The zero-order chi connectivity index (χ0) is 24.7. The van der Waals surface area contributed by atoms with E-state index in [0.29, 0.717) is 18.9 Å². The lowest BCUT2D eigenvalue weighted by atomic mass is 9.94. The van der Waals surface area contributed by atoms with Crippen molar-refractivity contribution in [3.05, 3.63) is 0 Å². The Morgan fingerprint density at radius 1 is 0.794 bits per heavy atom. The number of unbranched alkanes of at least 4 members (excludes halogenated alkanes) is 10. The number of hydrogen-bond acceptors (Lipinski definition) is 3. The number of halogens is 1. The number of ether oxygens (including phenoxy) is 1. The van der Waals surface area contributed by atoms with Crippen LogP contribution in [0.4, 0.5) is 0 Å². The van der Waals surface area contributed by atoms with Gasteiger partial charge in [0.15, 0.2) is 0 Å². The standard InChI is InChI=1S/C30H58ClNO2/c1-3-5-7-9-10-14-20-28(19-13-8-6-4-2)27-34-30(33)23-17-12-18-25-32(26-24-31)29-21-15-11-16-22-29/h28-29H,3-27H2,1-2H3. The molecule has 0 radical (unpaired) electrons. The molecule has 0 bridgehead atoms. The van der Waals surface area contributed by atoms with Crippen molar-refractivity contribution in [3.63, 3.8) is 0 Å². The number of hydrogen-bond donors (Lipinski definition) is 0. The molecule has 0 aromatic carbocycles. The molecule has 0 aromatic heterocycles. The van der Waals surface area contributed by atoms with Gasteiger partial charge in [-0.05, 0) is 51.0 Å². The van der Waals surface area contributed by atoms with Crippen molar-refractivity contribution in [2.75, 3.05) is 25.6 Å². The lowest BCUT2D eigenvalue weighted by Gasteiger charge is -2.34. The zero-order valence-corrected chi connectivity index (χ0v) is 23.7. The summed E-state index contributed by atoms with van der Waals surface area (Å²) in [5, 5.41) is 0. The van der Waals surface area contributed by atoms with Crippen molar-refractivity contribution in [1.29, 1.82) is 0 Å². The van der Waals surface area contributed by atoms with Gasteiger partial charge in [-0.15, -0.1) is 11.6 Å². The van der Waals surface area contributed by atoms with Crippen LogP contribution in [0.15, 0.2) is 0 Å². The molecule has 0 saturated heterocycles. The molecule has 1 unspecified atom stereocenters. The predicted molar refractivity (Wildman–Crippen MR) is 149 cm³/mol. The summed E-state index contributed by atoms with van der Waals surface area (Å²) in [6, 6.07) is 0.735. The Labute approximate surface area is 218 Å². The Morgan fingerprint density at radius 2 is 1.38 bits per heavy atom. The average Bonchev–Trinajstić information content (AvgIpc) is 2.86. The van der Waals surface area contributed by atoms with Crippen molar-refractivity contribution in [2.45, 2.75) is 155 Å². The van der Waals surface area contributed by atoms with Gasteiger partial charge in [0.05, 0.1) is 6.61 Å². The Balaban J connectivity index is 2.20. The van der Waals surface area contributed by atoms with Crippen LogP contribution >= 0.6 is 11.6 Å². The maximum Gasteiger partial charge on any atom is 0.305 e. The van der Waals surface area contributed by atoms with E-state index in [-0.39, 0.29) is 5.97 Å². The molecule has 1 aliphatic carbocycles. The van der Waals surface area contributed by atoms with E-state index in [4.69, 9.17) is 16.3 Å². The summed E-state index contributed by atoms with van der Waals surface area (Å²) in [6.45, 7) is 7.32. The lowest BCUT2D eigenvalue weighted by molar-refractivity contribution is -0.145. The van der Waals surface area contributed by atoms with Crippen LogP contribution in [0.2, 0.25) is 0 Å². The fourth-order valence-corrected chi connectivity index (χ4v) is 5.68. The van der Waals surface area contributed by atoms with Crippen LogP contribution in [0, 0.1) is 5.92 Å². The quantitative estimate of drug-likeness (QED) is 0.0796. The van der Waals surface area contributed by atoms with Gasteiger partial charge in [0, 0.05) is 24.9 Å². The third-order valence-electron chi connectivity index (χ3n) is 7.70. The number of alkyl halides is 1. The molecule has 4 heteroatoms. The van der Waals surface area contributed by atoms with Crippen LogP contribution in [-0.4, -0.2) is 42.5 Å². The summed E-state index contributed by atoms with van der Waals surface area (Å²) in [4.78, 5) is 15.0. The molecule has 1 aliphatic rings. The molecule has 0 spiro atoms. The lowest BCUT2D eigenvalue weighted by Crippen LogP contribution is -2.38. The van der Waals surface area contributed by atoms with Gasteiger partial charge in [0.1, 0.15) is 0 Å². The van der Waals surface area contributed by atoms with Crippen molar-refractivity contribution in [2.24, 2.45) is 5.92 Å². The van der Waals surface area contributed by atoms with E-state index >= 15 is 0 Å². The second kappa shape index (κ2) is 23.1. The normalized spacial score (nSPS) is 15.6. The first-order valence-corrected chi connectivity index (χ1v) is 15.7. The first-order chi connectivity index (χ1) is 16.7. The number of esters is 1. The van der Waals surface area contributed by atoms with Crippen molar-refractivity contribution in [1.82, 2.24) is 4.90 Å². The SMILES string of the molecule is CCCCCCCCC(CCCCCC)COC(=O)CCCCCN(CCCl)C1CCCCC1. The van der Waals surface area contributed by atoms with Crippen LogP contribution in [0.1, 0.15) is 149 Å². The second-order valence-electron chi connectivity index (χ2n) is 10.8. The van der Waals surface area contributed by atoms with Crippen molar-refractivity contribution >= 4 is 17.6 Å². The highest BCUT2D eigenvalue weighted by Gasteiger charge is 2.20. The molecule has 0 N–H and O–H groups in total. The highest BCUT2D eigenvalue weighted by atomic mass is 35.5. The van der Waals surface area contributed by atoms with Crippen molar-refractivity contribution < 1.29 is 9.53 Å². The van der Waals surface area contributed by atoms with E-state index in [1.54, 1.807) is 0 Å². The zero-order valence-electron chi connectivity index (χ0n) is 23.0. The Morgan fingerprint density at radius 3 is 2.03 bits per heavy atom. The van der Waals surface area contributed by atoms with Gasteiger partial charge in [-0.3, -0.25) is 9.69 Å². The molecule has 34 heavy (non-hydrogen) atoms. The van der Waals surface area contributed by atoms with E-state index in [2.05, 4.69) is 18.7 Å². The number of nitrogens with zero attached hydrogens (tertiary/aromatic N) is 1. The molecule has 1 saturated carbocycles. The fraction of sp³-hybridized carbons (Fsp3) is 0.967. The maximum absolute atomic E-state index is 12.4. The van der Waals surface area contributed by atoms with Gasteiger partial charge in [-0.2, -0.15) is 0 Å². The molecular formula is C30H58ClNO2. The van der Waals surface area contributed by atoms with Crippen LogP contribution in [0.3, 0.4) is 0 Å². The van der Waals surface area contributed by atoms with Gasteiger partial charge in [0.25, 0.3) is 0 Å². The second-order valence-corrected chi connectivity index (χ2v) is 11.2. The summed E-state index contributed by atoms with van der Waals surface area (Å²) in [5.41, 5.74) is 0. The van der Waals surface area contributed by atoms with Gasteiger partial charge >= 0.3 is 5.97 Å². The summed E-state index contributed by atoms with van der Waals surface area (Å²) in [6.07, 6.45) is 26.3. The maximum atomic E-state index is 12.4. The van der Waals surface area contributed by atoms with Crippen LogP contribution < -0.4 is 0 Å². The van der Waals surface area contributed by atoms with Crippen LogP contribution in [0.5, 0.6) is 0 Å². The minimum absolute atomic E-state index is 0.0198. The molecule has 202 valence electrons. The van der Waals surface area contributed by atoms with Gasteiger partial charge in [-0.25, -0.2) is 0 Å². The van der Waals surface area contributed by atoms with E-state index in [0.717, 1.165) is 37.9 Å². The molecule has 0 aromatic rings. The Bertz CT molecular complexity index is 453. The molecule has 1 fully saturated rings. The number of rotatable bonds is 23. The molecule has 0 heterocycles. The number of carbonyl (C=O) groups is 1. The largest absolute Gasteiger partial charge is 0.465 e. The predicted octanol–water partition coefficient (Wildman–Crippen LogP) is 9.30. The molecule has 0 amide bonds. The first kappa shape index (κ1) is 31.7. The number of carbonyl (C=O) groups excluding carboxylic acids is 1. The monoisotopic (exact) mass is 499 g/mol. The minimum atomic E-state index is 0.0198. The third kappa shape index (κ3) is 17.2. The van der Waals surface area contributed by atoms with Gasteiger partial charge in [0.2, 0.25) is 0 Å². The van der Waals surface area contributed by atoms with E-state index < -0.39 is 0 Å². The minimum Gasteiger partial charge on any atom is -0.465 e. The van der Waals surface area contributed by atoms with Crippen molar-refractivity contribution in [3.8, 4) is 0 Å². The molecule has 0 aliphatic heterocycles. The Kier molecular flexibility index (Phi) is 21.6. The highest BCUT2D eigenvalue weighted by molar-refractivity contribution is 6.18. The van der Waals surface area contributed by atoms with E-state index in [1.807, 2.05) is 0 Å². The van der Waals surface area contributed by atoms with Crippen LogP contribution in [0.25, 0.3) is 0 Å². The average molecular weight is 500 g/mol. The molecule has 1 rings (SSSR count). The Hall–Kier alpha value is -0.280. The third-order valence-corrected chi connectivity index (χ3v) is 7.87. The smallest absolute Gasteiger partial charge is 0.305 e. The van der Waals surface area contributed by atoms with Crippen LogP contribution in [-0.2, 0) is 9.53 Å². The summed E-state index contributed by atoms with van der Waals surface area (Å²) < 4.78 is 5.75. The summed E-state index contributed by atoms with van der Waals surface area (Å²) >= 11 is 6.06. The summed E-state index contributed by atoms with van der Waals surface area (Å²) in [7, 11) is 0. The summed E-state index contributed by atoms with van der Waals surface area (Å²) in [5.74, 6) is 1.30. The van der Waals surface area contributed by atoms with E-state index in [9.17, 15) is 4.79 Å². The first-order valence-electron chi connectivity index (χ1n) is 15.2. The molecule has 1 atom stereocenters. The molecular weight excluding hydrogens is 442 g/mol. The van der Waals surface area contributed by atoms with Gasteiger partial charge < -0.3 is 4.74 Å². The molecule has 3 nitrogen and oxygen atoms in total. The highest BCUT2D eigenvalue weighted by Crippen LogP contribution is 2.23. The fourth-order valence-electron chi connectivity index (χ4n) is 5.46. The topological polar surface area (TPSA) is 29.5 Å². The van der Waals surface area contributed by atoms with Gasteiger partial charge in [-0.1, -0.05) is 104 Å². The van der Waals surface area contributed by atoms with E-state index in [1.165, 1.54) is 116 Å².